The quantitative estimate of drug-likeness (QED) is 0.592. The molecule has 0 aliphatic heterocycles. The van der Waals surface area contributed by atoms with E-state index in [9.17, 15) is 0 Å². The van der Waals surface area contributed by atoms with Gasteiger partial charge in [-0.15, -0.1) is 23.2 Å². The summed E-state index contributed by atoms with van der Waals surface area (Å²) in [6.45, 7) is 5.60. The van der Waals surface area contributed by atoms with Gasteiger partial charge >= 0.3 is 0 Å². The predicted octanol–water partition coefficient (Wildman–Crippen LogP) is 5.98. The summed E-state index contributed by atoms with van der Waals surface area (Å²) < 4.78 is 0. The lowest BCUT2D eigenvalue weighted by atomic mass is 10.2. The zero-order valence-corrected chi connectivity index (χ0v) is 14.4. The summed E-state index contributed by atoms with van der Waals surface area (Å²) in [6, 6.07) is 22.3. The Balaban J connectivity index is 0. The van der Waals surface area contributed by atoms with E-state index >= 15 is 0 Å². The molecule has 0 amide bonds. The average Bonchev–Trinajstić information content (AvgIpc) is 2.50. The fourth-order valence-electron chi connectivity index (χ4n) is 1.07. The molecule has 0 saturated carbocycles. The molecule has 0 radical (unpaired) electrons. The maximum atomic E-state index is 7.32. The van der Waals surface area contributed by atoms with E-state index < -0.39 is 0 Å². The summed E-state index contributed by atoms with van der Waals surface area (Å²) in [6.07, 6.45) is 0. The van der Waals surface area contributed by atoms with Crippen LogP contribution in [0.1, 0.15) is 18.1 Å². The second-order valence-electron chi connectivity index (χ2n) is 3.91. The highest BCUT2D eigenvalue weighted by Crippen LogP contribution is 1.92. The summed E-state index contributed by atoms with van der Waals surface area (Å²) in [4.78, 5) is 0. The lowest BCUT2D eigenvalue weighted by Crippen LogP contribution is -1.63. The van der Waals surface area contributed by atoms with Gasteiger partial charge < -0.3 is 0 Å². The Kier molecular flexibility index (Phi) is 19.2. The van der Waals surface area contributed by atoms with Gasteiger partial charge in [0.15, 0.2) is 0 Å². The molecule has 0 N–H and O–H groups in total. The first-order valence-corrected chi connectivity index (χ1v) is 7.65. The minimum absolute atomic E-state index is 0.557. The summed E-state index contributed by atoms with van der Waals surface area (Å²) >= 11 is 10.1. The highest BCUT2D eigenvalue weighted by molar-refractivity contribution is 6.25. The standard InChI is InChI=1S/2C7H8.C2H4Cl2.C2H3N/c2*1-7-5-3-2-4-6-7;3-1-2-4;1-2-3/h2*2-6H,1H3;1-2H2;1H3. The molecule has 2 aromatic carbocycles. The Bertz CT molecular complexity index is 410. The molecule has 2 rings (SSSR count). The van der Waals surface area contributed by atoms with E-state index in [0.717, 1.165) is 0 Å². The van der Waals surface area contributed by atoms with Crippen LogP contribution in [-0.2, 0) is 0 Å². The van der Waals surface area contributed by atoms with Crippen molar-refractivity contribution in [2.45, 2.75) is 20.8 Å². The second-order valence-corrected chi connectivity index (χ2v) is 4.67. The van der Waals surface area contributed by atoms with Crippen molar-refractivity contribution in [3.8, 4) is 6.07 Å². The Morgan fingerprint density at radius 2 is 1.00 bits per heavy atom. The molecule has 0 bridgehead atoms. The first-order valence-electron chi connectivity index (χ1n) is 6.58. The van der Waals surface area contributed by atoms with E-state index in [0.29, 0.717) is 11.8 Å². The second kappa shape index (κ2) is 18.5. The normalized spacial score (nSPS) is 7.62. The molecule has 114 valence electrons. The van der Waals surface area contributed by atoms with Gasteiger partial charge in [0.25, 0.3) is 0 Å². The number of rotatable bonds is 1. The molecule has 1 nitrogen and oxygen atoms in total. The van der Waals surface area contributed by atoms with E-state index in [1.165, 1.54) is 18.1 Å². The molecular formula is C18H23Cl2N. The predicted molar refractivity (Wildman–Crippen MR) is 95.1 cm³/mol. The van der Waals surface area contributed by atoms with Crippen molar-refractivity contribution in [2.75, 3.05) is 11.8 Å². The van der Waals surface area contributed by atoms with Crippen molar-refractivity contribution in [3.63, 3.8) is 0 Å². The molecule has 0 aliphatic carbocycles. The van der Waals surface area contributed by atoms with Crippen molar-refractivity contribution in [2.24, 2.45) is 0 Å². The van der Waals surface area contributed by atoms with Gasteiger partial charge in [-0.05, 0) is 13.8 Å². The first-order chi connectivity index (χ1) is 10.1. The summed E-state index contributed by atoms with van der Waals surface area (Å²) in [5.74, 6) is 1.11. The number of hydrogen-bond donors (Lipinski definition) is 0. The summed E-state index contributed by atoms with van der Waals surface area (Å²) in [5.41, 5.74) is 2.64. The van der Waals surface area contributed by atoms with Crippen LogP contribution in [0, 0.1) is 25.2 Å². The first kappa shape index (κ1) is 21.8. The SMILES string of the molecule is CC#N.Cc1ccccc1.Cc1ccccc1.ClCCCl. The fraction of sp³-hybridized carbons (Fsp3) is 0.278. The third kappa shape index (κ3) is 21.0. The van der Waals surface area contributed by atoms with Crippen LogP contribution in [0.2, 0.25) is 0 Å². The molecule has 21 heavy (non-hydrogen) atoms. The molecule has 3 heteroatoms. The topological polar surface area (TPSA) is 23.8 Å². The smallest absolute Gasteiger partial charge is 0.0587 e. The summed E-state index contributed by atoms with van der Waals surface area (Å²) in [7, 11) is 0. The summed E-state index contributed by atoms with van der Waals surface area (Å²) in [5, 5.41) is 7.32. The third-order valence-electron chi connectivity index (χ3n) is 1.95. The zero-order valence-electron chi connectivity index (χ0n) is 12.9. The fourth-order valence-corrected chi connectivity index (χ4v) is 1.07. The van der Waals surface area contributed by atoms with Crippen molar-refractivity contribution in [1.82, 2.24) is 0 Å². The van der Waals surface area contributed by atoms with Crippen LogP contribution in [0.4, 0.5) is 0 Å². The number of nitrogens with zero attached hydrogens (tertiary/aromatic N) is 1. The molecular weight excluding hydrogens is 301 g/mol. The van der Waals surface area contributed by atoms with Crippen molar-refractivity contribution in [3.05, 3.63) is 71.8 Å². The van der Waals surface area contributed by atoms with Crippen LogP contribution < -0.4 is 0 Å². The Hall–Kier alpha value is -1.49. The molecule has 0 saturated heterocycles. The highest BCUT2D eigenvalue weighted by atomic mass is 35.5. The molecule has 0 spiro atoms. The van der Waals surface area contributed by atoms with Gasteiger partial charge in [-0.2, -0.15) is 5.26 Å². The number of hydrogen-bond acceptors (Lipinski definition) is 1. The Labute approximate surface area is 139 Å². The van der Waals surface area contributed by atoms with Crippen LogP contribution in [0.15, 0.2) is 60.7 Å². The van der Waals surface area contributed by atoms with Gasteiger partial charge in [0.2, 0.25) is 0 Å². The number of halogens is 2. The van der Waals surface area contributed by atoms with Gasteiger partial charge in [0.05, 0.1) is 6.07 Å². The lowest BCUT2D eigenvalue weighted by molar-refractivity contribution is 1.48. The minimum Gasteiger partial charge on any atom is -0.199 e. The average molecular weight is 324 g/mol. The number of alkyl halides is 2. The van der Waals surface area contributed by atoms with Crippen molar-refractivity contribution < 1.29 is 0 Å². The highest BCUT2D eigenvalue weighted by Gasteiger charge is 1.72. The molecule has 0 aliphatic rings. The lowest BCUT2D eigenvalue weighted by Gasteiger charge is -1.82. The van der Waals surface area contributed by atoms with Gasteiger partial charge in [0, 0.05) is 18.7 Å². The minimum atomic E-state index is 0.557. The molecule has 0 aromatic heterocycles. The maximum absolute atomic E-state index is 7.32. The van der Waals surface area contributed by atoms with E-state index in [4.69, 9.17) is 28.5 Å². The van der Waals surface area contributed by atoms with E-state index in [2.05, 4.69) is 38.1 Å². The van der Waals surface area contributed by atoms with E-state index in [1.807, 2.05) is 36.4 Å². The van der Waals surface area contributed by atoms with E-state index in [1.54, 1.807) is 6.07 Å². The van der Waals surface area contributed by atoms with Gasteiger partial charge in [0.1, 0.15) is 0 Å². The number of aryl methyl sites for hydroxylation is 2. The number of nitriles is 1. The van der Waals surface area contributed by atoms with Crippen LogP contribution >= 0.6 is 23.2 Å². The Morgan fingerprint density at radius 3 is 1.10 bits per heavy atom. The maximum Gasteiger partial charge on any atom is 0.0587 e. The molecule has 0 fully saturated rings. The molecule has 0 heterocycles. The molecule has 2 aromatic rings. The number of benzene rings is 2. The van der Waals surface area contributed by atoms with E-state index in [-0.39, 0.29) is 0 Å². The zero-order chi connectivity index (χ0) is 16.3. The van der Waals surface area contributed by atoms with Crippen molar-refractivity contribution >= 4 is 23.2 Å². The Morgan fingerprint density at radius 1 is 0.762 bits per heavy atom. The molecule has 0 atom stereocenters. The van der Waals surface area contributed by atoms with Crippen LogP contribution in [0.5, 0.6) is 0 Å². The van der Waals surface area contributed by atoms with Crippen molar-refractivity contribution in [1.29, 1.82) is 5.26 Å². The van der Waals surface area contributed by atoms with Crippen LogP contribution in [-0.4, -0.2) is 11.8 Å². The van der Waals surface area contributed by atoms with Crippen LogP contribution in [0.25, 0.3) is 0 Å². The van der Waals surface area contributed by atoms with Gasteiger partial charge in [-0.3, -0.25) is 0 Å². The monoisotopic (exact) mass is 323 g/mol. The third-order valence-corrected chi connectivity index (χ3v) is 2.52. The van der Waals surface area contributed by atoms with Gasteiger partial charge in [-0.25, -0.2) is 0 Å². The van der Waals surface area contributed by atoms with Crippen LogP contribution in [0.3, 0.4) is 0 Å². The molecule has 0 unspecified atom stereocenters. The van der Waals surface area contributed by atoms with Gasteiger partial charge in [-0.1, -0.05) is 71.8 Å². The largest absolute Gasteiger partial charge is 0.199 e.